The second-order valence-corrected chi connectivity index (χ2v) is 4.12. The van der Waals surface area contributed by atoms with Gasteiger partial charge in [0.25, 0.3) is 0 Å². The molecular weight excluding hydrogens is 224 g/mol. The van der Waals surface area contributed by atoms with Gasteiger partial charge < -0.3 is 0 Å². The summed E-state index contributed by atoms with van der Waals surface area (Å²) in [5, 5.41) is 11.0. The molecule has 18 heavy (non-hydrogen) atoms. The molecule has 0 saturated heterocycles. The Hall–Kier alpha value is -2.62. The molecule has 85 valence electrons. The summed E-state index contributed by atoms with van der Waals surface area (Å²) in [5.74, 6) is 0. The number of hydrogen-bond donors (Lipinski definition) is 0. The minimum Gasteiger partial charge on any atom is -0.158 e. The third-order valence-electron chi connectivity index (χ3n) is 2.97. The van der Waals surface area contributed by atoms with Crippen LogP contribution in [-0.2, 0) is 0 Å². The van der Waals surface area contributed by atoms with Crippen molar-refractivity contribution in [1.82, 2.24) is 19.8 Å². The van der Waals surface area contributed by atoms with Crippen LogP contribution < -0.4 is 0 Å². The number of rotatable bonds is 1. The fraction of sp³-hybridized carbons (Fsp3) is 0. The number of benzene rings is 2. The van der Waals surface area contributed by atoms with Gasteiger partial charge in [0.1, 0.15) is 5.52 Å². The summed E-state index contributed by atoms with van der Waals surface area (Å²) in [7, 11) is 0. The number of fused-ring (bicyclic) bond motifs is 2. The van der Waals surface area contributed by atoms with Crippen molar-refractivity contribution in [3.8, 4) is 0 Å². The molecule has 0 aliphatic rings. The average molecular weight is 233 g/mol. The lowest BCUT2D eigenvalue weighted by molar-refractivity contribution is 0.531. The van der Waals surface area contributed by atoms with Gasteiger partial charge in [-0.05, 0) is 6.07 Å². The SMILES string of the molecule is [c]1cccc2cnn(-n3cc4ccccc4n3)c12. The summed E-state index contributed by atoms with van der Waals surface area (Å²) in [4.78, 5) is 3.48. The Morgan fingerprint density at radius 1 is 1.00 bits per heavy atom. The first-order valence-corrected chi connectivity index (χ1v) is 5.71. The Morgan fingerprint density at radius 3 is 2.83 bits per heavy atom. The number of aromatic nitrogens is 4. The molecule has 0 aliphatic carbocycles. The first-order valence-electron chi connectivity index (χ1n) is 5.71. The number of nitrogens with zero attached hydrogens (tertiary/aromatic N) is 4. The molecule has 2 heterocycles. The smallest absolute Gasteiger partial charge is 0.102 e. The number of para-hydroxylation sites is 1. The van der Waals surface area contributed by atoms with Gasteiger partial charge in [0.2, 0.25) is 0 Å². The monoisotopic (exact) mass is 233 g/mol. The van der Waals surface area contributed by atoms with Gasteiger partial charge in [0.15, 0.2) is 0 Å². The van der Waals surface area contributed by atoms with Crippen LogP contribution >= 0.6 is 0 Å². The van der Waals surface area contributed by atoms with Crippen LogP contribution in [0.25, 0.3) is 21.8 Å². The van der Waals surface area contributed by atoms with Crippen molar-refractivity contribution in [2.45, 2.75) is 0 Å². The molecule has 0 bridgehead atoms. The van der Waals surface area contributed by atoms with Crippen molar-refractivity contribution in [2.75, 3.05) is 0 Å². The highest BCUT2D eigenvalue weighted by Gasteiger charge is 2.05. The predicted molar refractivity (Wildman–Crippen MR) is 69.1 cm³/mol. The molecule has 0 saturated carbocycles. The molecular formula is C14H9N4. The lowest BCUT2D eigenvalue weighted by Gasteiger charge is -2.01. The molecule has 4 aromatic rings. The van der Waals surface area contributed by atoms with Gasteiger partial charge in [0.05, 0.1) is 17.9 Å². The summed E-state index contributed by atoms with van der Waals surface area (Å²) in [6.07, 6.45) is 3.78. The van der Waals surface area contributed by atoms with Crippen LogP contribution in [0.2, 0.25) is 0 Å². The topological polar surface area (TPSA) is 35.6 Å². The molecule has 0 spiro atoms. The van der Waals surface area contributed by atoms with Gasteiger partial charge >= 0.3 is 0 Å². The lowest BCUT2D eigenvalue weighted by Crippen LogP contribution is -2.10. The molecule has 0 aliphatic heterocycles. The van der Waals surface area contributed by atoms with Crippen molar-refractivity contribution < 1.29 is 0 Å². The molecule has 0 amide bonds. The molecule has 4 heteroatoms. The molecule has 4 nitrogen and oxygen atoms in total. The van der Waals surface area contributed by atoms with E-state index in [4.69, 9.17) is 0 Å². The molecule has 2 aromatic carbocycles. The van der Waals surface area contributed by atoms with Crippen molar-refractivity contribution in [3.63, 3.8) is 0 Å². The maximum absolute atomic E-state index is 4.50. The Morgan fingerprint density at radius 2 is 1.89 bits per heavy atom. The Balaban J connectivity index is 2.01. The Kier molecular flexibility index (Phi) is 1.80. The Bertz CT molecular complexity index is 808. The minimum absolute atomic E-state index is 0.922. The summed E-state index contributed by atoms with van der Waals surface area (Å²) >= 11 is 0. The van der Waals surface area contributed by atoms with Crippen LogP contribution in [0.1, 0.15) is 0 Å². The van der Waals surface area contributed by atoms with Crippen LogP contribution in [0.3, 0.4) is 0 Å². The van der Waals surface area contributed by atoms with Crippen LogP contribution in [-0.4, -0.2) is 19.8 Å². The highest BCUT2D eigenvalue weighted by molar-refractivity contribution is 5.79. The van der Waals surface area contributed by atoms with E-state index in [1.165, 1.54) is 0 Å². The summed E-state index contributed by atoms with van der Waals surface area (Å²) in [5.41, 5.74) is 1.88. The molecule has 2 aromatic heterocycles. The van der Waals surface area contributed by atoms with Crippen molar-refractivity contribution >= 4 is 21.8 Å². The van der Waals surface area contributed by atoms with E-state index in [1.807, 2.05) is 54.9 Å². The average Bonchev–Trinajstić information content (AvgIpc) is 3.02. The first-order chi connectivity index (χ1) is 8.92. The van der Waals surface area contributed by atoms with Crippen LogP contribution in [0.15, 0.2) is 54.9 Å². The third-order valence-corrected chi connectivity index (χ3v) is 2.97. The van der Waals surface area contributed by atoms with Gasteiger partial charge in [-0.2, -0.15) is 19.8 Å². The fourth-order valence-corrected chi connectivity index (χ4v) is 2.10. The molecule has 1 radical (unpaired) electrons. The zero-order valence-corrected chi connectivity index (χ0v) is 9.49. The predicted octanol–water partition coefficient (Wildman–Crippen LogP) is 2.50. The van der Waals surface area contributed by atoms with E-state index in [0.29, 0.717) is 0 Å². The number of hydrogen-bond acceptors (Lipinski definition) is 2. The maximum atomic E-state index is 4.50. The molecule has 0 unspecified atom stereocenters. The van der Waals surface area contributed by atoms with E-state index in [0.717, 1.165) is 21.8 Å². The summed E-state index contributed by atoms with van der Waals surface area (Å²) < 4.78 is 0. The van der Waals surface area contributed by atoms with E-state index in [-0.39, 0.29) is 0 Å². The van der Waals surface area contributed by atoms with Gasteiger partial charge in [-0.3, -0.25) is 0 Å². The van der Waals surface area contributed by atoms with E-state index in [1.54, 1.807) is 9.58 Å². The van der Waals surface area contributed by atoms with E-state index in [9.17, 15) is 0 Å². The normalized spacial score (nSPS) is 11.3. The quantitative estimate of drug-likeness (QED) is 0.506. The molecule has 0 N–H and O–H groups in total. The summed E-state index contributed by atoms with van der Waals surface area (Å²) in [6.45, 7) is 0. The van der Waals surface area contributed by atoms with Crippen LogP contribution in [0.5, 0.6) is 0 Å². The van der Waals surface area contributed by atoms with Crippen molar-refractivity contribution in [2.24, 2.45) is 0 Å². The van der Waals surface area contributed by atoms with Gasteiger partial charge in [-0.1, -0.05) is 36.4 Å². The minimum atomic E-state index is 0.922. The molecule has 4 rings (SSSR count). The van der Waals surface area contributed by atoms with Gasteiger partial charge in [0, 0.05) is 16.8 Å². The lowest BCUT2D eigenvalue weighted by atomic mass is 10.3. The second kappa shape index (κ2) is 3.43. The summed E-state index contributed by atoms with van der Waals surface area (Å²) in [6, 6.07) is 17.0. The van der Waals surface area contributed by atoms with Crippen LogP contribution in [0.4, 0.5) is 0 Å². The van der Waals surface area contributed by atoms with Crippen LogP contribution in [0, 0.1) is 6.07 Å². The second-order valence-electron chi connectivity index (χ2n) is 4.12. The van der Waals surface area contributed by atoms with Gasteiger partial charge in [-0.25, -0.2) is 0 Å². The molecule has 0 atom stereocenters. The third kappa shape index (κ3) is 1.26. The zero-order chi connectivity index (χ0) is 11.9. The highest BCUT2D eigenvalue weighted by Crippen LogP contribution is 2.15. The standard InChI is InChI=1S/C14H9N4/c1-3-7-13-12(6-1)10-17(16-13)18-14-8-4-2-5-11(14)9-15-18/h1-7,9-10H. The van der Waals surface area contributed by atoms with E-state index in [2.05, 4.69) is 16.3 Å². The highest BCUT2D eigenvalue weighted by atomic mass is 15.7. The molecule has 0 fully saturated rings. The van der Waals surface area contributed by atoms with E-state index < -0.39 is 0 Å². The van der Waals surface area contributed by atoms with Crippen molar-refractivity contribution in [3.05, 3.63) is 60.9 Å². The maximum Gasteiger partial charge on any atom is 0.102 e. The zero-order valence-electron chi connectivity index (χ0n) is 9.49. The van der Waals surface area contributed by atoms with Gasteiger partial charge in [-0.15, -0.1) is 0 Å². The fourth-order valence-electron chi connectivity index (χ4n) is 2.10. The largest absolute Gasteiger partial charge is 0.158 e. The van der Waals surface area contributed by atoms with E-state index >= 15 is 0 Å². The first kappa shape index (κ1) is 9.41. The van der Waals surface area contributed by atoms with Crippen molar-refractivity contribution in [1.29, 1.82) is 0 Å². The Labute approximate surface area is 103 Å².